The van der Waals surface area contributed by atoms with E-state index in [2.05, 4.69) is 16.6 Å². The standard InChI is InChI=1S/C13H25F3N2O/c1-2-18(12-6-4-11(17)5-7-12)8-3-9-19-10-13(14,15)16/h11-12H,2-10,17H2,1H3. The van der Waals surface area contributed by atoms with Gasteiger partial charge in [0.25, 0.3) is 0 Å². The van der Waals surface area contributed by atoms with Crippen LogP contribution >= 0.6 is 0 Å². The summed E-state index contributed by atoms with van der Waals surface area (Å²) in [7, 11) is 0. The SMILES string of the molecule is CCN(CCCOCC(F)(F)F)C1CCC(N)CC1. The van der Waals surface area contributed by atoms with E-state index in [0.717, 1.165) is 38.8 Å². The van der Waals surface area contributed by atoms with Gasteiger partial charge >= 0.3 is 6.18 Å². The Morgan fingerprint density at radius 1 is 1.21 bits per heavy atom. The van der Waals surface area contributed by atoms with Gasteiger partial charge in [0.05, 0.1) is 0 Å². The molecule has 1 aliphatic rings. The molecule has 19 heavy (non-hydrogen) atoms. The van der Waals surface area contributed by atoms with Crippen LogP contribution in [0.5, 0.6) is 0 Å². The highest BCUT2D eigenvalue weighted by molar-refractivity contribution is 4.80. The molecule has 0 aromatic heterocycles. The fraction of sp³-hybridized carbons (Fsp3) is 1.00. The lowest BCUT2D eigenvalue weighted by Gasteiger charge is -2.35. The van der Waals surface area contributed by atoms with Gasteiger partial charge in [-0.3, -0.25) is 0 Å². The van der Waals surface area contributed by atoms with Crippen LogP contribution in [0.15, 0.2) is 0 Å². The fourth-order valence-electron chi connectivity index (χ4n) is 2.62. The average molecular weight is 282 g/mol. The summed E-state index contributed by atoms with van der Waals surface area (Å²) >= 11 is 0. The third-order valence-corrected chi connectivity index (χ3v) is 3.66. The van der Waals surface area contributed by atoms with Crippen molar-refractivity contribution in [2.24, 2.45) is 5.73 Å². The molecule has 0 amide bonds. The minimum absolute atomic E-state index is 0.169. The zero-order valence-electron chi connectivity index (χ0n) is 11.6. The van der Waals surface area contributed by atoms with Crippen LogP contribution < -0.4 is 5.73 Å². The number of nitrogens with two attached hydrogens (primary N) is 1. The van der Waals surface area contributed by atoms with Crippen LogP contribution in [0.25, 0.3) is 0 Å². The van der Waals surface area contributed by atoms with Crippen molar-refractivity contribution in [3.63, 3.8) is 0 Å². The molecule has 0 saturated heterocycles. The van der Waals surface area contributed by atoms with Crippen LogP contribution in [0, 0.1) is 0 Å². The molecule has 1 saturated carbocycles. The second kappa shape index (κ2) is 8.07. The Kier molecular flexibility index (Phi) is 7.10. The Bertz CT molecular complexity index is 241. The third-order valence-electron chi connectivity index (χ3n) is 3.66. The summed E-state index contributed by atoms with van der Waals surface area (Å²) in [5.74, 6) is 0. The molecule has 114 valence electrons. The van der Waals surface area contributed by atoms with E-state index in [0.29, 0.717) is 18.5 Å². The van der Waals surface area contributed by atoms with Gasteiger partial charge in [-0.2, -0.15) is 13.2 Å². The summed E-state index contributed by atoms with van der Waals surface area (Å²) in [6, 6.07) is 0.859. The lowest BCUT2D eigenvalue weighted by molar-refractivity contribution is -0.174. The highest BCUT2D eigenvalue weighted by Gasteiger charge is 2.27. The summed E-state index contributed by atoms with van der Waals surface area (Å²) in [6.07, 6.45) is 0.713. The van der Waals surface area contributed by atoms with Gasteiger partial charge in [0.15, 0.2) is 0 Å². The molecule has 6 heteroatoms. The van der Waals surface area contributed by atoms with Crippen LogP contribution in [-0.2, 0) is 4.74 Å². The number of hydrogen-bond donors (Lipinski definition) is 1. The van der Waals surface area contributed by atoms with Gasteiger partial charge in [0, 0.05) is 25.2 Å². The minimum atomic E-state index is -4.22. The average Bonchev–Trinajstić information content (AvgIpc) is 2.34. The molecule has 1 aliphatic carbocycles. The predicted octanol–water partition coefficient (Wildman–Crippen LogP) is 2.55. The van der Waals surface area contributed by atoms with Crippen molar-refractivity contribution in [1.82, 2.24) is 4.90 Å². The van der Waals surface area contributed by atoms with Crippen LogP contribution in [0.2, 0.25) is 0 Å². The molecule has 0 heterocycles. The molecule has 0 unspecified atom stereocenters. The van der Waals surface area contributed by atoms with Gasteiger partial charge in [-0.1, -0.05) is 6.92 Å². The number of ether oxygens (including phenoxy) is 1. The van der Waals surface area contributed by atoms with Crippen molar-refractivity contribution in [2.75, 3.05) is 26.3 Å². The Morgan fingerprint density at radius 3 is 2.37 bits per heavy atom. The molecule has 0 atom stereocenters. The second-order valence-corrected chi connectivity index (χ2v) is 5.22. The zero-order valence-corrected chi connectivity index (χ0v) is 11.6. The summed E-state index contributed by atoms with van der Waals surface area (Å²) in [4.78, 5) is 2.34. The first-order valence-corrected chi connectivity index (χ1v) is 7.06. The normalized spacial score (nSPS) is 24.9. The van der Waals surface area contributed by atoms with Gasteiger partial charge in [-0.05, 0) is 38.6 Å². The van der Waals surface area contributed by atoms with Crippen LogP contribution in [-0.4, -0.2) is 49.5 Å². The molecule has 0 aromatic rings. The number of halogens is 3. The van der Waals surface area contributed by atoms with E-state index in [-0.39, 0.29) is 6.61 Å². The first kappa shape index (κ1) is 16.7. The van der Waals surface area contributed by atoms with E-state index in [1.54, 1.807) is 0 Å². The molecule has 1 rings (SSSR count). The van der Waals surface area contributed by atoms with E-state index in [1.807, 2.05) is 0 Å². The summed E-state index contributed by atoms with van der Waals surface area (Å²) in [5, 5.41) is 0. The molecule has 0 bridgehead atoms. The molecule has 0 spiro atoms. The summed E-state index contributed by atoms with van der Waals surface area (Å²) < 4.78 is 40.3. The van der Waals surface area contributed by atoms with Gasteiger partial charge in [-0.25, -0.2) is 0 Å². The van der Waals surface area contributed by atoms with Crippen LogP contribution in [0.1, 0.15) is 39.0 Å². The second-order valence-electron chi connectivity index (χ2n) is 5.22. The lowest BCUT2D eigenvalue weighted by Crippen LogP contribution is -2.41. The predicted molar refractivity (Wildman–Crippen MR) is 69.0 cm³/mol. The maximum absolute atomic E-state index is 11.9. The third kappa shape index (κ3) is 7.13. The molecular formula is C13H25F3N2O. The van der Waals surface area contributed by atoms with Gasteiger partial charge < -0.3 is 15.4 Å². The first-order valence-electron chi connectivity index (χ1n) is 7.06. The Morgan fingerprint density at radius 2 is 1.84 bits per heavy atom. The number of alkyl halides is 3. The van der Waals surface area contributed by atoms with Crippen molar-refractivity contribution in [3.8, 4) is 0 Å². The summed E-state index contributed by atoms with van der Waals surface area (Å²) in [6.45, 7) is 2.85. The molecule has 1 fully saturated rings. The molecule has 0 radical (unpaired) electrons. The van der Waals surface area contributed by atoms with E-state index in [1.165, 1.54) is 0 Å². The van der Waals surface area contributed by atoms with Crippen LogP contribution in [0.3, 0.4) is 0 Å². The highest BCUT2D eigenvalue weighted by Crippen LogP contribution is 2.22. The largest absolute Gasteiger partial charge is 0.411 e. The van der Waals surface area contributed by atoms with Gasteiger partial charge in [-0.15, -0.1) is 0 Å². The quantitative estimate of drug-likeness (QED) is 0.729. The highest BCUT2D eigenvalue weighted by atomic mass is 19.4. The topological polar surface area (TPSA) is 38.5 Å². The summed E-state index contributed by atoms with van der Waals surface area (Å²) in [5.41, 5.74) is 5.87. The van der Waals surface area contributed by atoms with E-state index < -0.39 is 12.8 Å². The van der Waals surface area contributed by atoms with Crippen LogP contribution in [0.4, 0.5) is 13.2 Å². The van der Waals surface area contributed by atoms with E-state index in [4.69, 9.17) is 5.73 Å². The van der Waals surface area contributed by atoms with E-state index >= 15 is 0 Å². The van der Waals surface area contributed by atoms with Crippen molar-refractivity contribution in [1.29, 1.82) is 0 Å². The molecular weight excluding hydrogens is 257 g/mol. The molecule has 3 nitrogen and oxygen atoms in total. The molecule has 0 aliphatic heterocycles. The van der Waals surface area contributed by atoms with E-state index in [9.17, 15) is 13.2 Å². The maximum atomic E-state index is 11.9. The lowest BCUT2D eigenvalue weighted by atomic mass is 9.90. The fourth-order valence-corrected chi connectivity index (χ4v) is 2.62. The Balaban J connectivity index is 2.15. The first-order chi connectivity index (χ1) is 8.92. The van der Waals surface area contributed by atoms with Crippen molar-refractivity contribution in [3.05, 3.63) is 0 Å². The number of nitrogens with zero attached hydrogens (tertiary/aromatic N) is 1. The Labute approximate surface area is 113 Å². The van der Waals surface area contributed by atoms with Crippen molar-refractivity contribution < 1.29 is 17.9 Å². The maximum Gasteiger partial charge on any atom is 0.411 e. The van der Waals surface area contributed by atoms with Gasteiger partial charge in [0.1, 0.15) is 6.61 Å². The van der Waals surface area contributed by atoms with Crippen molar-refractivity contribution >= 4 is 0 Å². The molecule has 0 aromatic carbocycles. The van der Waals surface area contributed by atoms with Crippen molar-refractivity contribution in [2.45, 2.75) is 57.3 Å². The molecule has 2 N–H and O–H groups in total. The minimum Gasteiger partial charge on any atom is -0.372 e. The number of rotatable bonds is 7. The number of hydrogen-bond acceptors (Lipinski definition) is 3. The Hall–Kier alpha value is -0.330. The van der Waals surface area contributed by atoms with Gasteiger partial charge in [0.2, 0.25) is 0 Å². The smallest absolute Gasteiger partial charge is 0.372 e. The zero-order chi connectivity index (χ0) is 14.3. The monoisotopic (exact) mass is 282 g/mol.